The number of hydrogen-bond donors (Lipinski definition) is 1. The summed E-state index contributed by atoms with van der Waals surface area (Å²) in [6, 6.07) is 16.2. The SMILES string of the molecule is O=C(O)C1CN(C(=O)c2nn(Cc3ccccc3)c(=O)c3ccccc23)CCO1. The summed E-state index contributed by atoms with van der Waals surface area (Å²) >= 11 is 0. The normalized spacial score (nSPS) is 16.7. The number of nitrogens with zero attached hydrogens (tertiary/aromatic N) is 3. The molecule has 1 unspecified atom stereocenters. The number of carboxylic acids is 1. The maximum Gasteiger partial charge on any atom is 0.334 e. The first-order valence-corrected chi connectivity index (χ1v) is 9.22. The van der Waals surface area contributed by atoms with E-state index in [4.69, 9.17) is 4.74 Å². The molecule has 2 heterocycles. The van der Waals surface area contributed by atoms with Crippen molar-refractivity contribution < 1.29 is 19.4 Å². The third-order valence-corrected chi connectivity index (χ3v) is 4.87. The van der Waals surface area contributed by atoms with Gasteiger partial charge in [0.15, 0.2) is 11.8 Å². The van der Waals surface area contributed by atoms with Gasteiger partial charge in [0.05, 0.1) is 25.1 Å². The van der Waals surface area contributed by atoms with E-state index in [9.17, 15) is 19.5 Å². The standard InChI is InChI=1S/C21H19N3O5/c25-19-16-9-5-4-8-15(16)18(22-24(19)12-14-6-2-1-3-7-14)20(26)23-10-11-29-17(13-23)21(27)28/h1-9,17H,10-13H2,(H,27,28). The number of amides is 1. The molecule has 2 aromatic carbocycles. The van der Waals surface area contributed by atoms with Gasteiger partial charge in [-0.3, -0.25) is 9.59 Å². The van der Waals surface area contributed by atoms with Crippen LogP contribution in [-0.2, 0) is 16.1 Å². The van der Waals surface area contributed by atoms with Crippen LogP contribution in [0, 0.1) is 0 Å². The van der Waals surface area contributed by atoms with Crippen LogP contribution in [0.5, 0.6) is 0 Å². The van der Waals surface area contributed by atoms with Crippen molar-refractivity contribution in [1.29, 1.82) is 0 Å². The second kappa shape index (κ2) is 7.84. The Hall–Kier alpha value is -3.52. The zero-order valence-electron chi connectivity index (χ0n) is 15.5. The summed E-state index contributed by atoms with van der Waals surface area (Å²) in [4.78, 5) is 38.8. The molecule has 4 rings (SSSR count). The van der Waals surface area contributed by atoms with Crippen molar-refractivity contribution in [2.75, 3.05) is 19.7 Å². The molecule has 0 bridgehead atoms. The summed E-state index contributed by atoms with van der Waals surface area (Å²) in [5, 5.41) is 14.4. The highest BCUT2D eigenvalue weighted by molar-refractivity contribution is 6.05. The molecular formula is C21H19N3O5. The molecular weight excluding hydrogens is 374 g/mol. The van der Waals surface area contributed by atoms with Crippen molar-refractivity contribution in [1.82, 2.24) is 14.7 Å². The maximum absolute atomic E-state index is 13.2. The quantitative estimate of drug-likeness (QED) is 0.718. The second-order valence-corrected chi connectivity index (χ2v) is 6.79. The highest BCUT2D eigenvalue weighted by atomic mass is 16.5. The summed E-state index contributed by atoms with van der Waals surface area (Å²) in [6.45, 7) is 0.550. The van der Waals surface area contributed by atoms with Crippen LogP contribution < -0.4 is 5.56 Å². The third kappa shape index (κ3) is 3.74. The van der Waals surface area contributed by atoms with E-state index in [0.29, 0.717) is 10.8 Å². The molecule has 1 saturated heterocycles. The van der Waals surface area contributed by atoms with Crippen LogP contribution in [0.25, 0.3) is 10.8 Å². The van der Waals surface area contributed by atoms with Crippen LogP contribution in [0.15, 0.2) is 59.4 Å². The lowest BCUT2D eigenvalue weighted by molar-refractivity contribution is -0.154. The lowest BCUT2D eigenvalue weighted by Gasteiger charge is -2.30. The van der Waals surface area contributed by atoms with Crippen LogP contribution in [0.3, 0.4) is 0 Å². The van der Waals surface area contributed by atoms with Crippen molar-refractivity contribution in [2.24, 2.45) is 0 Å². The second-order valence-electron chi connectivity index (χ2n) is 6.79. The predicted octanol–water partition coefficient (Wildman–Crippen LogP) is 1.37. The fourth-order valence-corrected chi connectivity index (χ4v) is 3.39. The van der Waals surface area contributed by atoms with Gasteiger partial charge in [0.25, 0.3) is 11.5 Å². The predicted molar refractivity (Wildman–Crippen MR) is 105 cm³/mol. The molecule has 1 amide bonds. The van der Waals surface area contributed by atoms with Crippen molar-refractivity contribution >= 4 is 22.6 Å². The monoisotopic (exact) mass is 393 g/mol. The lowest BCUT2D eigenvalue weighted by atomic mass is 10.1. The van der Waals surface area contributed by atoms with Gasteiger partial charge in [-0.2, -0.15) is 5.10 Å². The van der Waals surface area contributed by atoms with Gasteiger partial charge in [0, 0.05) is 11.9 Å². The number of carbonyl (C=O) groups excluding carboxylic acids is 1. The van der Waals surface area contributed by atoms with Gasteiger partial charge < -0.3 is 14.7 Å². The zero-order chi connectivity index (χ0) is 20.4. The minimum atomic E-state index is -1.12. The van der Waals surface area contributed by atoms with Gasteiger partial charge in [-0.15, -0.1) is 0 Å². The van der Waals surface area contributed by atoms with E-state index in [1.54, 1.807) is 24.3 Å². The summed E-state index contributed by atoms with van der Waals surface area (Å²) < 4.78 is 6.47. The lowest BCUT2D eigenvalue weighted by Crippen LogP contribution is -2.49. The average molecular weight is 393 g/mol. The number of benzene rings is 2. The number of aliphatic carboxylic acids is 1. The van der Waals surface area contributed by atoms with E-state index in [1.807, 2.05) is 30.3 Å². The van der Waals surface area contributed by atoms with Crippen molar-refractivity contribution in [3.63, 3.8) is 0 Å². The Morgan fingerprint density at radius 2 is 1.76 bits per heavy atom. The molecule has 0 aliphatic carbocycles. The number of morpholine rings is 1. The van der Waals surface area contributed by atoms with E-state index in [0.717, 1.165) is 5.56 Å². The Bertz CT molecular complexity index is 1130. The maximum atomic E-state index is 13.2. The van der Waals surface area contributed by atoms with Gasteiger partial charge in [-0.25, -0.2) is 9.48 Å². The molecule has 1 fully saturated rings. The highest BCUT2D eigenvalue weighted by Gasteiger charge is 2.31. The van der Waals surface area contributed by atoms with Crippen molar-refractivity contribution in [2.45, 2.75) is 12.6 Å². The number of carbonyl (C=O) groups is 2. The molecule has 0 spiro atoms. The molecule has 3 aromatic rings. The molecule has 1 aliphatic rings. The number of rotatable bonds is 4. The molecule has 148 valence electrons. The molecule has 1 atom stereocenters. The zero-order valence-corrected chi connectivity index (χ0v) is 15.5. The third-order valence-electron chi connectivity index (χ3n) is 4.87. The van der Waals surface area contributed by atoms with E-state index >= 15 is 0 Å². The number of aromatic nitrogens is 2. The number of carboxylic acid groups (broad SMARTS) is 1. The Balaban J connectivity index is 1.77. The molecule has 8 nitrogen and oxygen atoms in total. The van der Waals surface area contributed by atoms with Crippen LogP contribution in [0.2, 0.25) is 0 Å². The molecule has 1 aliphatic heterocycles. The highest BCUT2D eigenvalue weighted by Crippen LogP contribution is 2.17. The van der Waals surface area contributed by atoms with Crippen LogP contribution in [0.4, 0.5) is 0 Å². The molecule has 0 radical (unpaired) electrons. The Kier molecular flexibility index (Phi) is 5.09. The first kappa shape index (κ1) is 18.8. The fraction of sp³-hybridized carbons (Fsp3) is 0.238. The molecule has 1 N–H and O–H groups in total. The number of fused-ring (bicyclic) bond motifs is 1. The summed E-state index contributed by atoms with van der Waals surface area (Å²) in [5.74, 6) is -1.54. The van der Waals surface area contributed by atoms with E-state index in [-0.39, 0.29) is 37.5 Å². The van der Waals surface area contributed by atoms with Crippen molar-refractivity contribution in [3.05, 3.63) is 76.2 Å². The van der Waals surface area contributed by atoms with Gasteiger partial charge in [-0.05, 0) is 11.6 Å². The Morgan fingerprint density at radius 1 is 1.07 bits per heavy atom. The molecule has 29 heavy (non-hydrogen) atoms. The topological polar surface area (TPSA) is 102 Å². The van der Waals surface area contributed by atoms with Gasteiger partial charge in [-0.1, -0.05) is 48.5 Å². The minimum absolute atomic E-state index is 0.0675. The summed E-state index contributed by atoms with van der Waals surface area (Å²) in [6.07, 6.45) is -1.07. The van der Waals surface area contributed by atoms with Crippen LogP contribution in [0.1, 0.15) is 16.1 Å². The Morgan fingerprint density at radius 3 is 2.48 bits per heavy atom. The average Bonchev–Trinajstić information content (AvgIpc) is 2.76. The summed E-state index contributed by atoms with van der Waals surface area (Å²) in [5.41, 5.74) is 0.724. The van der Waals surface area contributed by atoms with E-state index in [2.05, 4.69) is 5.10 Å². The van der Waals surface area contributed by atoms with Gasteiger partial charge in [0.1, 0.15) is 0 Å². The first-order chi connectivity index (χ1) is 14.0. The number of ether oxygens (including phenoxy) is 1. The largest absolute Gasteiger partial charge is 0.479 e. The smallest absolute Gasteiger partial charge is 0.334 e. The number of hydrogen-bond acceptors (Lipinski definition) is 5. The molecule has 0 saturated carbocycles. The summed E-state index contributed by atoms with van der Waals surface area (Å²) in [7, 11) is 0. The van der Waals surface area contributed by atoms with Gasteiger partial charge in [0.2, 0.25) is 0 Å². The first-order valence-electron chi connectivity index (χ1n) is 9.22. The van der Waals surface area contributed by atoms with Gasteiger partial charge >= 0.3 is 5.97 Å². The Labute approximate surface area is 165 Å². The molecule has 8 heteroatoms. The van der Waals surface area contributed by atoms with E-state index < -0.39 is 18.0 Å². The van der Waals surface area contributed by atoms with Crippen molar-refractivity contribution in [3.8, 4) is 0 Å². The van der Waals surface area contributed by atoms with E-state index in [1.165, 1.54) is 9.58 Å². The fourth-order valence-electron chi connectivity index (χ4n) is 3.39. The molecule has 1 aromatic heterocycles. The van der Waals surface area contributed by atoms with Crippen LogP contribution >= 0.6 is 0 Å². The minimum Gasteiger partial charge on any atom is -0.479 e. The van der Waals surface area contributed by atoms with Crippen LogP contribution in [-0.4, -0.2) is 57.5 Å².